The highest BCUT2D eigenvalue weighted by molar-refractivity contribution is 6.09. The van der Waals surface area contributed by atoms with Crippen molar-refractivity contribution in [3.05, 3.63) is 29.2 Å². The lowest BCUT2D eigenvalue weighted by Gasteiger charge is -2.03. The van der Waals surface area contributed by atoms with Crippen molar-refractivity contribution in [3.63, 3.8) is 0 Å². The third-order valence-corrected chi connectivity index (χ3v) is 2.52. The molecule has 1 amide bonds. The molecule has 2 aromatic rings. The highest BCUT2D eigenvalue weighted by Crippen LogP contribution is 2.13. The van der Waals surface area contributed by atoms with Gasteiger partial charge in [0.05, 0.1) is 23.0 Å². The molecule has 0 radical (unpaired) electrons. The molecule has 0 spiro atoms. The minimum absolute atomic E-state index is 0.146. The van der Waals surface area contributed by atoms with Crippen molar-refractivity contribution in [2.24, 2.45) is 17.9 Å². The summed E-state index contributed by atoms with van der Waals surface area (Å²) in [6.07, 6.45) is 2.95. The molecule has 0 unspecified atom stereocenters. The van der Waals surface area contributed by atoms with Crippen LogP contribution in [0.3, 0.4) is 0 Å². The highest BCUT2D eigenvalue weighted by atomic mass is 16.4. The van der Waals surface area contributed by atoms with Gasteiger partial charge in [-0.25, -0.2) is 0 Å². The Morgan fingerprint density at radius 1 is 1.58 bits per heavy atom. The van der Waals surface area contributed by atoms with Gasteiger partial charge in [-0.3, -0.25) is 14.6 Å². The molecule has 0 bridgehead atoms. The van der Waals surface area contributed by atoms with Gasteiger partial charge in [-0.15, -0.1) is 0 Å². The average molecular weight is 263 g/mol. The fourth-order valence-corrected chi connectivity index (χ4v) is 1.63. The Labute approximate surface area is 108 Å². The van der Waals surface area contributed by atoms with Gasteiger partial charge in [0.15, 0.2) is 5.84 Å². The number of carbonyl (C=O) groups is 1. The van der Waals surface area contributed by atoms with E-state index in [1.807, 2.05) is 0 Å². The van der Waals surface area contributed by atoms with Gasteiger partial charge < -0.3 is 16.3 Å². The summed E-state index contributed by atoms with van der Waals surface area (Å²) in [6.45, 7) is 1.73. The highest BCUT2D eigenvalue weighted by Gasteiger charge is 2.16. The third-order valence-electron chi connectivity index (χ3n) is 2.52. The predicted molar refractivity (Wildman–Crippen MR) is 67.0 cm³/mol. The van der Waals surface area contributed by atoms with Gasteiger partial charge in [-0.1, -0.05) is 5.16 Å². The van der Waals surface area contributed by atoms with Gasteiger partial charge in [0.25, 0.3) is 5.91 Å². The Morgan fingerprint density at radius 3 is 2.89 bits per heavy atom. The van der Waals surface area contributed by atoms with Crippen LogP contribution in [-0.2, 0) is 7.05 Å². The fourth-order valence-electron chi connectivity index (χ4n) is 1.63. The van der Waals surface area contributed by atoms with E-state index in [-0.39, 0.29) is 17.6 Å². The largest absolute Gasteiger partial charge is 0.409 e. The van der Waals surface area contributed by atoms with E-state index >= 15 is 0 Å². The predicted octanol–water partition coefficient (Wildman–Crippen LogP) is -0.202. The summed E-state index contributed by atoms with van der Waals surface area (Å²) in [5.74, 6) is -0.252. The lowest BCUT2D eigenvalue weighted by Crippen LogP contribution is -2.18. The summed E-state index contributed by atoms with van der Waals surface area (Å²) in [6, 6.07) is 0. The van der Waals surface area contributed by atoms with E-state index in [0.717, 1.165) is 0 Å². The van der Waals surface area contributed by atoms with E-state index in [1.165, 1.54) is 6.20 Å². The number of nitrogens with one attached hydrogen (secondary N) is 2. The Kier molecular flexibility index (Phi) is 3.19. The van der Waals surface area contributed by atoms with Crippen LogP contribution in [-0.4, -0.2) is 36.9 Å². The molecule has 2 heterocycles. The Hall–Kier alpha value is -2.84. The first kappa shape index (κ1) is 12.6. The van der Waals surface area contributed by atoms with E-state index in [9.17, 15) is 4.79 Å². The van der Waals surface area contributed by atoms with Gasteiger partial charge >= 0.3 is 0 Å². The normalized spacial score (nSPS) is 11.6. The quantitative estimate of drug-likeness (QED) is 0.263. The number of hydrogen-bond acceptors (Lipinski definition) is 5. The number of aryl methyl sites for hydroxylation is 2. The van der Waals surface area contributed by atoms with Crippen molar-refractivity contribution in [2.75, 3.05) is 5.32 Å². The number of amidine groups is 1. The number of carbonyl (C=O) groups excluding carboxylic acids is 1. The molecule has 9 nitrogen and oxygen atoms in total. The van der Waals surface area contributed by atoms with E-state index in [2.05, 4.69) is 25.8 Å². The molecule has 100 valence electrons. The Morgan fingerprint density at radius 2 is 2.32 bits per heavy atom. The summed E-state index contributed by atoms with van der Waals surface area (Å²) in [7, 11) is 1.72. The van der Waals surface area contributed by atoms with E-state index in [0.29, 0.717) is 16.8 Å². The lowest BCUT2D eigenvalue weighted by atomic mass is 10.2. The van der Waals surface area contributed by atoms with Crippen molar-refractivity contribution in [1.29, 1.82) is 0 Å². The zero-order valence-electron chi connectivity index (χ0n) is 10.4. The molecule has 5 N–H and O–H groups in total. The maximum absolute atomic E-state index is 12.1. The zero-order valence-corrected chi connectivity index (χ0v) is 10.4. The van der Waals surface area contributed by atoms with E-state index in [4.69, 9.17) is 10.9 Å². The summed E-state index contributed by atoms with van der Waals surface area (Å²) in [5.41, 5.74) is 6.80. The summed E-state index contributed by atoms with van der Waals surface area (Å²) in [5, 5.41) is 24.5. The molecule has 2 rings (SSSR count). The molecule has 0 aliphatic carbocycles. The number of hydrogen-bond donors (Lipinski definition) is 4. The lowest BCUT2D eigenvalue weighted by molar-refractivity contribution is 0.102. The van der Waals surface area contributed by atoms with Crippen molar-refractivity contribution in [2.45, 2.75) is 6.92 Å². The first-order valence-corrected chi connectivity index (χ1v) is 5.35. The first-order valence-electron chi connectivity index (χ1n) is 5.35. The average Bonchev–Trinajstić information content (AvgIpc) is 2.95. The van der Waals surface area contributed by atoms with Crippen LogP contribution in [0.5, 0.6) is 0 Å². The van der Waals surface area contributed by atoms with Crippen LogP contribution in [0.25, 0.3) is 0 Å². The summed E-state index contributed by atoms with van der Waals surface area (Å²) >= 11 is 0. The van der Waals surface area contributed by atoms with Crippen LogP contribution >= 0.6 is 0 Å². The maximum atomic E-state index is 12.1. The molecule has 0 aliphatic rings. The second-order valence-electron chi connectivity index (χ2n) is 3.90. The smallest absolute Gasteiger partial charge is 0.260 e. The number of nitrogens with zero attached hydrogens (tertiary/aromatic N) is 4. The van der Waals surface area contributed by atoms with Gasteiger partial charge in [0, 0.05) is 13.2 Å². The van der Waals surface area contributed by atoms with E-state index in [1.54, 1.807) is 24.9 Å². The number of rotatable bonds is 3. The molecule has 0 aliphatic heterocycles. The standard InChI is InChI=1S/C10H13N7O2/c1-5-7(4-17(2)15-5)10(18)13-9-6(3-12-14-9)8(11)16-19/h3-4,19H,1-2H3,(H2,11,16)(H2,12,13,14,18). The van der Waals surface area contributed by atoms with Gasteiger partial charge in [-0.05, 0) is 6.92 Å². The number of H-pyrrole nitrogens is 1. The molecule has 0 saturated heterocycles. The van der Waals surface area contributed by atoms with Crippen LogP contribution in [0.1, 0.15) is 21.6 Å². The molecular formula is C10H13N7O2. The minimum Gasteiger partial charge on any atom is -0.409 e. The second-order valence-corrected chi connectivity index (χ2v) is 3.90. The van der Waals surface area contributed by atoms with Crippen LogP contribution in [0.4, 0.5) is 5.82 Å². The molecule has 19 heavy (non-hydrogen) atoms. The molecule has 0 aromatic carbocycles. The zero-order chi connectivity index (χ0) is 14.0. The van der Waals surface area contributed by atoms with E-state index < -0.39 is 0 Å². The van der Waals surface area contributed by atoms with Crippen LogP contribution in [0.15, 0.2) is 17.5 Å². The molecular weight excluding hydrogens is 250 g/mol. The molecule has 2 aromatic heterocycles. The SMILES string of the molecule is Cc1nn(C)cc1C(=O)Nc1[nH]ncc1/C(N)=N/O. The maximum Gasteiger partial charge on any atom is 0.260 e. The number of nitrogens with two attached hydrogens (primary N) is 1. The van der Waals surface area contributed by atoms with Crippen LogP contribution < -0.4 is 11.1 Å². The molecule has 0 saturated carbocycles. The fraction of sp³-hybridized carbons (Fsp3) is 0.200. The monoisotopic (exact) mass is 263 g/mol. The van der Waals surface area contributed by atoms with Crippen molar-refractivity contribution in [1.82, 2.24) is 20.0 Å². The number of aromatic amines is 1. The van der Waals surface area contributed by atoms with Crippen molar-refractivity contribution >= 4 is 17.6 Å². The summed E-state index contributed by atoms with van der Waals surface area (Å²) < 4.78 is 1.54. The van der Waals surface area contributed by atoms with Crippen LogP contribution in [0.2, 0.25) is 0 Å². The summed E-state index contributed by atoms with van der Waals surface area (Å²) in [4.78, 5) is 12.1. The first-order chi connectivity index (χ1) is 9.02. The number of oxime groups is 1. The Bertz CT molecular complexity index is 640. The third kappa shape index (κ3) is 2.39. The number of anilines is 1. The molecule has 0 atom stereocenters. The topological polar surface area (TPSA) is 134 Å². The van der Waals surface area contributed by atoms with Gasteiger partial charge in [0.2, 0.25) is 0 Å². The minimum atomic E-state index is -0.359. The van der Waals surface area contributed by atoms with Gasteiger partial charge in [-0.2, -0.15) is 10.2 Å². The van der Waals surface area contributed by atoms with Crippen molar-refractivity contribution < 1.29 is 10.0 Å². The molecule has 9 heteroatoms. The van der Waals surface area contributed by atoms with Gasteiger partial charge in [0.1, 0.15) is 5.82 Å². The Balaban J connectivity index is 2.25. The van der Waals surface area contributed by atoms with Crippen LogP contribution in [0, 0.1) is 6.92 Å². The second kappa shape index (κ2) is 4.80. The van der Waals surface area contributed by atoms with Crippen molar-refractivity contribution in [3.8, 4) is 0 Å². The number of amides is 1. The molecule has 0 fully saturated rings. The number of aromatic nitrogens is 4.